The number of rotatable bonds is 0. The van der Waals surface area contributed by atoms with Gasteiger partial charge in [0.15, 0.2) is 0 Å². The molecule has 0 spiro atoms. The lowest BCUT2D eigenvalue weighted by Gasteiger charge is -1.82. The summed E-state index contributed by atoms with van der Waals surface area (Å²) in [5.74, 6) is 0.322. The van der Waals surface area contributed by atoms with Crippen LogP contribution in [0.2, 0.25) is 0 Å². The molecule has 0 heterocycles. The lowest BCUT2D eigenvalue weighted by Crippen LogP contribution is -1.56. The number of hydrogen-bond acceptors (Lipinski definition) is 1. The van der Waals surface area contributed by atoms with Crippen LogP contribution >= 0.6 is 0 Å². The summed E-state index contributed by atoms with van der Waals surface area (Å²) in [4.78, 5) is 0. The van der Waals surface area contributed by atoms with E-state index in [4.69, 9.17) is 5.11 Å². The number of allylic oxidation sites excluding steroid dienone is 3. The predicted molar refractivity (Wildman–Crippen MR) is 89.6 cm³/mol. The molecule has 0 bridgehead atoms. The maximum absolute atomic E-state index is 8.63. The van der Waals surface area contributed by atoms with Crippen LogP contribution in [0.4, 0.5) is 0 Å². The molecule has 0 fully saturated rings. The zero-order chi connectivity index (χ0) is 15.8. The fourth-order valence-electron chi connectivity index (χ4n) is 0.428. The highest BCUT2D eigenvalue weighted by Gasteiger charge is 1.74. The molecule has 0 aliphatic rings. The van der Waals surface area contributed by atoms with Gasteiger partial charge < -0.3 is 5.11 Å². The van der Waals surface area contributed by atoms with Gasteiger partial charge in [-0.15, -0.1) is 19.7 Å². The minimum Gasteiger partial charge on any atom is -0.508 e. The minimum absolute atomic E-state index is 0.322. The average Bonchev–Trinajstić information content (AvgIpc) is 2.15. The summed E-state index contributed by atoms with van der Waals surface area (Å²) in [6.45, 7) is 22.5. The Labute approximate surface area is 120 Å². The Morgan fingerprint density at radius 2 is 0.895 bits per heavy atom. The molecule has 1 heteroatoms. The monoisotopic (exact) mass is 262 g/mol. The molecule has 0 saturated carbocycles. The van der Waals surface area contributed by atoms with E-state index < -0.39 is 0 Å². The Morgan fingerprint density at radius 1 is 0.684 bits per heavy atom. The van der Waals surface area contributed by atoms with Crippen LogP contribution in [0.3, 0.4) is 0 Å². The summed E-state index contributed by atoms with van der Waals surface area (Å²) in [5.41, 5.74) is 3.50. The molecule has 0 aliphatic carbocycles. The summed E-state index contributed by atoms with van der Waals surface area (Å²) >= 11 is 0. The van der Waals surface area contributed by atoms with Crippen molar-refractivity contribution in [2.45, 2.75) is 41.5 Å². The topological polar surface area (TPSA) is 20.2 Å². The Kier molecular flexibility index (Phi) is 19.2. The maximum atomic E-state index is 8.63. The SMILES string of the molecule is C=C(C)C.C=C(C)C.C=C(C)C.Oc1ccccc1. The van der Waals surface area contributed by atoms with Crippen molar-refractivity contribution in [2.75, 3.05) is 0 Å². The quantitative estimate of drug-likeness (QED) is 0.557. The molecule has 0 aromatic heterocycles. The van der Waals surface area contributed by atoms with E-state index in [2.05, 4.69) is 19.7 Å². The van der Waals surface area contributed by atoms with E-state index in [1.54, 1.807) is 24.3 Å². The lowest BCUT2D eigenvalue weighted by atomic mass is 10.3. The van der Waals surface area contributed by atoms with Gasteiger partial charge in [0, 0.05) is 0 Å². The van der Waals surface area contributed by atoms with Crippen molar-refractivity contribution in [1.82, 2.24) is 0 Å². The molecule has 1 rings (SSSR count). The first-order valence-electron chi connectivity index (χ1n) is 6.19. The first kappa shape index (κ1) is 22.4. The highest BCUT2D eigenvalue weighted by molar-refractivity contribution is 5.18. The van der Waals surface area contributed by atoms with Gasteiger partial charge >= 0.3 is 0 Å². The molecule has 1 aromatic carbocycles. The van der Waals surface area contributed by atoms with Gasteiger partial charge in [0.1, 0.15) is 5.75 Å². The third-order valence-electron chi connectivity index (χ3n) is 0.756. The summed E-state index contributed by atoms with van der Waals surface area (Å²) in [6, 6.07) is 8.71. The van der Waals surface area contributed by atoms with Gasteiger partial charge in [0.25, 0.3) is 0 Å². The molecule has 0 unspecified atom stereocenters. The zero-order valence-corrected chi connectivity index (χ0v) is 13.5. The van der Waals surface area contributed by atoms with Gasteiger partial charge in [0.05, 0.1) is 0 Å². The Hall–Kier alpha value is -1.76. The molecule has 0 atom stereocenters. The number of benzene rings is 1. The normalized spacial score (nSPS) is 7.26. The third-order valence-corrected chi connectivity index (χ3v) is 0.756. The molecular formula is C18H30O. The standard InChI is InChI=1S/C6H6O.3C4H8/c7-6-4-2-1-3-5-6;3*1-4(2)3/h1-5,7H;3*1H2,2-3H3. The van der Waals surface area contributed by atoms with Crippen molar-refractivity contribution in [2.24, 2.45) is 0 Å². The second-order valence-corrected chi connectivity index (χ2v) is 4.96. The highest BCUT2D eigenvalue weighted by atomic mass is 16.3. The van der Waals surface area contributed by atoms with Crippen LogP contribution in [-0.2, 0) is 0 Å². The Balaban J connectivity index is -0.000000189. The molecule has 1 nitrogen and oxygen atoms in total. The largest absolute Gasteiger partial charge is 0.508 e. The third kappa shape index (κ3) is 84.6. The summed E-state index contributed by atoms with van der Waals surface area (Å²) < 4.78 is 0. The van der Waals surface area contributed by atoms with Crippen LogP contribution in [-0.4, -0.2) is 5.11 Å². The smallest absolute Gasteiger partial charge is 0.115 e. The second-order valence-electron chi connectivity index (χ2n) is 4.96. The van der Waals surface area contributed by atoms with Crippen molar-refractivity contribution in [1.29, 1.82) is 0 Å². The van der Waals surface area contributed by atoms with Crippen LogP contribution in [0.1, 0.15) is 41.5 Å². The van der Waals surface area contributed by atoms with Crippen LogP contribution < -0.4 is 0 Å². The molecule has 19 heavy (non-hydrogen) atoms. The first-order valence-corrected chi connectivity index (χ1v) is 6.19. The van der Waals surface area contributed by atoms with Gasteiger partial charge in [0.2, 0.25) is 0 Å². The molecule has 0 saturated heterocycles. The number of para-hydroxylation sites is 1. The second kappa shape index (κ2) is 16.2. The number of phenols is 1. The van der Waals surface area contributed by atoms with Gasteiger partial charge in [-0.2, -0.15) is 0 Å². The fraction of sp³-hybridized carbons (Fsp3) is 0.333. The van der Waals surface area contributed by atoms with Crippen LogP contribution in [0.5, 0.6) is 5.75 Å². The molecule has 0 aliphatic heterocycles. The highest BCUT2D eigenvalue weighted by Crippen LogP contribution is 2.02. The minimum atomic E-state index is 0.322. The molecule has 1 N–H and O–H groups in total. The van der Waals surface area contributed by atoms with Crippen LogP contribution in [0.15, 0.2) is 66.8 Å². The maximum Gasteiger partial charge on any atom is 0.115 e. The Bertz CT molecular complexity index is 307. The van der Waals surface area contributed by atoms with Crippen molar-refractivity contribution in [3.63, 3.8) is 0 Å². The van der Waals surface area contributed by atoms with E-state index in [1.165, 1.54) is 16.7 Å². The van der Waals surface area contributed by atoms with Crippen molar-refractivity contribution in [3.8, 4) is 5.75 Å². The lowest BCUT2D eigenvalue weighted by molar-refractivity contribution is 0.475. The fourth-order valence-corrected chi connectivity index (χ4v) is 0.428. The number of phenolic OH excluding ortho intramolecular Hbond substituents is 1. The van der Waals surface area contributed by atoms with Crippen molar-refractivity contribution in [3.05, 3.63) is 66.8 Å². The summed E-state index contributed by atoms with van der Waals surface area (Å²) in [5, 5.41) is 8.63. The van der Waals surface area contributed by atoms with Crippen molar-refractivity contribution >= 4 is 0 Å². The predicted octanol–water partition coefficient (Wildman–Crippen LogP) is 6.14. The van der Waals surface area contributed by atoms with Crippen molar-refractivity contribution < 1.29 is 5.11 Å². The number of aromatic hydroxyl groups is 1. The molecule has 0 radical (unpaired) electrons. The summed E-state index contributed by atoms with van der Waals surface area (Å²) in [7, 11) is 0. The van der Waals surface area contributed by atoms with E-state index >= 15 is 0 Å². The zero-order valence-electron chi connectivity index (χ0n) is 13.5. The molecular weight excluding hydrogens is 232 g/mol. The van der Waals surface area contributed by atoms with E-state index in [0.29, 0.717) is 5.75 Å². The summed E-state index contributed by atoms with van der Waals surface area (Å²) in [6.07, 6.45) is 0. The Morgan fingerprint density at radius 3 is 1.00 bits per heavy atom. The van der Waals surface area contributed by atoms with E-state index in [0.717, 1.165) is 0 Å². The first-order chi connectivity index (χ1) is 8.59. The molecule has 0 amide bonds. The van der Waals surface area contributed by atoms with Gasteiger partial charge in [-0.05, 0) is 53.7 Å². The van der Waals surface area contributed by atoms with E-state index in [-0.39, 0.29) is 0 Å². The van der Waals surface area contributed by atoms with Crippen LogP contribution in [0.25, 0.3) is 0 Å². The molecule has 1 aromatic rings. The van der Waals surface area contributed by atoms with Crippen LogP contribution in [0, 0.1) is 0 Å². The van der Waals surface area contributed by atoms with Gasteiger partial charge in [-0.25, -0.2) is 0 Å². The average molecular weight is 262 g/mol. The van der Waals surface area contributed by atoms with Gasteiger partial charge in [-0.1, -0.05) is 34.9 Å². The van der Waals surface area contributed by atoms with E-state index in [9.17, 15) is 0 Å². The number of hydrogen-bond donors (Lipinski definition) is 1. The van der Waals surface area contributed by atoms with Gasteiger partial charge in [-0.3, -0.25) is 0 Å². The van der Waals surface area contributed by atoms with E-state index in [1.807, 2.05) is 47.6 Å². The molecule has 108 valence electrons.